The first kappa shape index (κ1) is 21.6. The lowest BCUT2D eigenvalue weighted by Gasteiger charge is -2.18. The van der Waals surface area contributed by atoms with Gasteiger partial charge in [0.1, 0.15) is 0 Å². The Balaban J connectivity index is 1.48. The summed E-state index contributed by atoms with van der Waals surface area (Å²) in [6, 6.07) is 33.9. The van der Waals surface area contributed by atoms with Gasteiger partial charge in [-0.3, -0.25) is 4.99 Å². The minimum absolute atomic E-state index is 0.350. The molecule has 0 aromatic heterocycles. The van der Waals surface area contributed by atoms with Gasteiger partial charge in [-0.1, -0.05) is 97.1 Å². The predicted octanol–water partition coefficient (Wildman–Crippen LogP) is 9.86. The number of allylic oxidation sites excluding steroid dienone is 5. The van der Waals surface area contributed by atoms with Crippen LogP contribution in [0.5, 0.6) is 0 Å². The molecule has 0 saturated carbocycles. The molecule has 8 rings (SSSR count). The van der Waals surface area contributed by atoms with Gasteiger partial charge in [0.25, 0.3) is 0 Å². The zero-order valence-corrected chi connectivity index (χ0v) is 21.2. The average molecular weight is 486 g/mol. The Morgan fingerprint density at radius 3 is 2.24 bits per heavy atom. The maximum atomic E-state index is 4.94. The van der Waals surface area contributed by atoms with Crippen molar-refractivity contribution in [1.82, 2.24) is 0 Å². The highest BCUT2D eigenvalue weighted by atomic mass is 14.7. The molecule has 1 heteroatoms. The molecule has 0 bridgehead atoms. The molecular weight excluding hydrogens is 458 g/mol. The lowest BCUT2D eigenvalue weighted by molar-refractivity contribution is 0.912. The summed E-state index contributed by atoms with van der Waals surface area (Å²) in [5.41, 5.74) is 11.9. The highest BCUT2D eigenvalue weighted by Gasteiger charge is 2.34. The number of hydrogen-bond donors (Lipinski definition) is 0. The van der Waals surface area contributed by atoms with Crippen molar-refractivity contribution >= 4 is 32.8 Å². The minimum Gasteiger partial charge on any atom is -0.260 e. The first-order valence-corrected chi connectivity index (χ1v) is 13.6. The second-order valence-electron chi connectivity index (χ2n) is 10.6. The molecule has 5 aromatic carbocycles. The molecule has 38 heavy (non-hydrogen) atoms. The highest BCUT2D eigenvalue weighted by molar-refractivity contribution is 6.31. The summed E-state index contributed by atoms with van der Waals surface area (Å²) in [7, 11) is 0. The zero-order chi connectivity index (χ0) is 25.1. The molecule has 0 fully saturated rings. The van der Waals surface area contributed by atoms with Crippen LogP contribution in [0, 0.1) is 0 Å². The molecule has 180 valence electrons. The Bertz CT molecular complexity index is 1880. The summed E-state index contributed by atoms with van der Waals surface area (Å²) in [6.45, 7) is 0. The van der Waals surface area contributed by atoms with Crippen LogP contribution < -0.4 is 0 Å². The van der Waals surface area contributed by atoms with Gasteiger partial charge in [-0.15, -0.1) is 0 Å². The summed E-state index contributed by atoms with van der Waals surface area (Å²) >= 11 is 0. The van der Waals surface area contributed by atoms with Crippen molar-refractivity contribution in [2.75, 3.05) is 0 Å². The minimum atomic E-state index is 0.350. The molecule has 1 atom stereocenters. The summed E-state index contributed by atoms with van der Waals surface area (Å²) in [5.74, 6) is 0.350. The summed E-state index contributed by atoms with van der Waals surface area (Å²) < 4.78 is 0. The highest BCUT2D eigenvalue weighted by Crippen LogP contribution is 2.49. The largest absolute Gasteiger partial charge is 0.260 e. The molecule has 5 aromatic rings. The van der Waals surface area contributed by atoms with E-state index in [9.17, 15) is 0 Å². The summed E-state index contributed by atoms with van der Waals surface area (Å²) in [6.07, 6.45) is 14.2. The summed E-state index contributed by atoms with van der Waals surface area (Å²) in [4.78, 5) is 4.94. The van der Waals surface area contributed by atoms with Crippen LogP contribution in [0.4, 0.5) is 0 Å². The Kier molecular flexibility index (Phi) is 4.85. The first-order chi connectivity index (χ1) is 18.9. The normalized spacial score (nSPS) is 17.5. The van der Waals surface area contributed by atoms with E-state index in [0.29, 0.717) is 5.92 Å². The van der Waals surface area contributed by atoms with E-state index in [0.717, 1.165) is 19.3 Å². The molecule has 0 spiro atoms. The molecule has 3 aliphatic rings. The quantitative estimate of drug-likeness (QED) is 0.226. The molecule has 2 aliphatic carbocycles. The number of aliphatic imine (C=N–C) groups is 1. The SMILES string of the molecule is C1=CCCC(c2cc(-c3ccccc3)cc(-c3c4ccccc4c4c5c(cccc35)C3CC=CN=C43)c2)=C1. The standard InChI is InChI=1S/C37H27N/c1-3-11-24(12-4-1)26-21-27(25-13-5-2-6-14-25)23-28(22-26)34-29-15-7-8-16-30(29)36-35-31(17-9-18-33(34)35)32-19-10-20-38-37(32)36/h1-5,7-13,15-18,20-23,32H,6,14,19H2. The van der Waals surface area contributed by atoms with Crippen LogP contribution in [0.1, 0.15) is 41.9 Å². The lowest BCUT2D eigenvalue weighted by atomic mass is 9.85. The fraction of sp³-hybridized carbons (Fsp3) is 0.108. The van der Waals surface area contributed by atoms with Crippen molar-refractivity contribution in [2.45, 2.75) is 25.2 Å². The summed E-state index contributed by atoms with van der Waals surface area (Å²) in [5, 5.41) is 5.34. The average Bonchev–Trinajstić information content (AvgIpc) is 3.34. The van der Waals surface area contributed by atoms with Crippen molar-refractivity contribution in [2.24, 2.45) is 4.99 Å². The smallest absolute Gasteiger partial charge is 0.0566 e. The van der Waals surface area contributed by atoms with E-state index in [2.05, 4.69) is 115 Å². The van der Waals surface area contributed by atoms with Gasteiger partial charge < -0.3 is 0 Å². The third-order valence-electron chi connectivity index (χ3n) is 8.45. The van der Waals surface area contributed by atoms with Crippen molar-refractivity contribution < 1.29 is 0 Å². The van der Waals surface area contributed by atoms with Gasteiger partial charge >= 0.3 is 0 Å². The van der Waals surface area contributed by atoms with Gasteiger partial charge in [-0.25, -0.2) is 0 Å². The van der Waals surface area contributed by atoms with Crippen LogP contribution in [0.15, 0.2) is 126 Å². The van der Waals surface area contributed by atoms with Gasteiger partial charge in [0.2, 0.25) is 0 Å². The van der Waals surface area contributed by atoms with E-state index < -0.39 is 0 Å². The fourth-order valence-electron chi connectivity index (χ4n) is 6.77. The lowest BCUT2D eigenvalue weighted by Crippen LogP contribution is -2.09. The van der Waals surface area contributed by atoms with E-state index in [1.807, 2.05) is 6.20 Å². The Morgan fingerprint density at radius 1 is 0.632 bits per heavy atom. The van der Waals surface area contributed by atoms with Crippen LogP contribution in [0.3, 0.4) is 0 Å². The van der Waals surface area contributed by atoms with Crippen LogP contribution in [0.25, 0.3) is 49.4 Å². The molecular formula is C37H27N. The van der Waals surface area contributed by atoms with Gasteiger partial charge in [-0.2, -0.15) is 0 Å². The van der Waals surface area contributed by atoms with Crippen molar-refractivity contribution in [3.63, 3.8) is 0 Å². The number of nitrogens with zero attached hydrogens (tertiary/aromatic N) is 1. The van der Waals surface area contributed by atoms with Gasteiger partial charge in [0, 0.05) is 17.7 Å². The van der Waals surface area contributed by atoms with Crippen molar-refractivity contribution in [1.29, 1.82) is 0 Å². The van der Waals surface area contributed by atoms with E-state index in [1.54, 1.807) is 0 Å². The Morgan fingerprint density at radius 2 is 1.39 bits per heavy atom. The van der Waals surface area contributed by atoms with Gasteiger partial charge in [0.05, 0.1) is 5.71 Å². The van der Waals surface area contributed by atoms with Gasteiger partial charge in [0.15, 0.2) is 0 Å². The maximum absolute atomic E-state index is 4.94. The Labute approximate surface area is 223 Å². The topological polar surface area (TPSA) is 12.4 Å². The van der Waals surface area contributed by atoms with E-state index in [-0.39, 0.29) is 0 Å². The number of hydrogen-bond acceptors (Lipinski definition) is 1. The predicted molar refractivity (Wildman–Crippen MR) is 162 cm³/mol. The van der Waals surface area contributed by atoms with Crippen molar-refractivity contribution in [3.8, 4) is 22.3 Å². The van der Waals surface area contributed by atoms with Crippen molar-refractivity contribution in [3.05, 3.63) is 138 Å². The van der Waals surface area contributed by atoms with E-state index in [1.165, 1.54) is 71.8 Å². The molecule has 0 amide bonds. The number of rotatable bonds is 3. The monoisotopic (exact) mass is 485 g/mol. The first-order valence-electron chi connectivity index (χ1n) is 13.6. The Hall–Kier alpha value is -4.49. The third-order valence-corrected chi connectivity index (χ3v) is 8.45. The second-order valence-corrected chi connectivity index (χ2v) is 10.6. The van der Waals surface area contributed by atoms with Gasteiger partial charge in [-0.05, 0) is 98.0 Å². The van der Waals surface area contributed by atoms with E-state index >= 15 is 0 Å². The number of fused-ring (bicyclic) bond motifs is 5. The molecule has 0 saturated heterocycles. The maximum Gasteiger partial charge on any atom is 0.0566 e. The number of benzene rings is 5. The molecule has 1 unspecified atom stereocenters. The molecule has 0 N–H and O–H groups in total. The van der Waals surface area contributed by atoms with Crippen LogP contribution >= 0.6 is 0 Å². The van der Waals surface area contributed by atoms with E-state index in [4.69, 9.17) is 4.99 Å². The fourth-order valence-corrected chi connectivity index (χ4v) is 6.77. The van der Waals surface area contributed by atoms with Crippen LogP contribution in [-0.2, 0) is 0 Å². The second kappa shape index (κ2) is 8.53. The van der Waals surface area contributed by atoms with Crippen LogP contribution in [0.2, 0.25) is 0 Å². The third kappa shape index (κ3) is 3.22. The van der Waals surface area contributed by atoms with Crippen LogP contribution in [-0.4, -0.2) is 5.71 Å². The molecule has 1 nitrogen and oxygen atoms in total. The zero-order valence-electron chi connectivity index (χ0n) is 21.2. The molecule has 0 radical (unpaired) electrons. The molecule has 1 heterocycles. The molecule has 1 aliphatic heterocycles.